The number of nitrogens with zero attached hydrogens (tertiary/aromatic N) is 2. The predicted molar refractivity (Wildman–Crippen MR) is 74.4 cm³/mol. The number of benzene rings is 1. The van der Waals surface area contributed by atoms with Crippen LogP contribution < -0.4 is 10.2 Å². The fourth-order valence-corrected chi connectivity index (χ4v) is 2.71. The maximum Gasteiger partial charge on any atom is 0.335 e. The number of fused-ring (bicyclic) bond motifs is 1. The van der Waals surface area contributed by atoms with Crippen molar-refractivity contribution in [2.24, 2.45) is 0 Å². The van der Waals surface area contributed by atoms with Crippen molar-refractivity contribution in [2.75, 3.05) is 31.1 Å². The number of carbonyl (C=O) groups is 3. The molecule has 110 valence electrons. The normalized spacial score (nSPS) is 17.4. The van der Waals surface area contributed by atoms with E-state index in [2.05, 4.69) is 5.32 Å². The molecule has 3 rings (SSSR count). The molecule has 0 aromatic heterocycles. The Morgan fingerprint density at radius 1 is 1.24 bits per heavy atom. The van der Waals surface area contributed by atoms with E-state index >= 15 is 0 Å². The molecule has 2 heterocycles. The van der Waals surface area contributed by atoms with Gasteiger partial charge in [0.15, 0.2) is 0 Å². The highest BCUT2D eigenvalue weighted by atomic mass is 16.4. The van der Waals surface area contributed by atoms with Crippen molar-refractivity contribution in [1.82, 2.24) is 10.2 Å². The number of rotatable bonds is 1. The second-order valence-electron chi connectivity index (χ2n) is 5.10. The number of amides is 3. The van der Waals surface area contributed by atoms with Crippen LogP contribution in [0.1, 0.15) is 15.9 Å². The Labute approximate surface area is 121 Å². The zero-order chi connectivity index (χ0) is 15.0. The molecule has 0 radical (unpaired) electrons. The average Bonchev–Trinajstić information content (AvgIpc) is 2.89. The summed E-state index contributed by atoms with van der Waals surface area (Å²) in [7, 11) is 0. The van der Waals surface area contributed by atoms with E-state index in [0.717, 1.165) is 11.3 Å². The van der Waals surface area contributed by atoms with Crippen LogP contribution in [0.4, 0.5) is 10.5 Å². The molecular weight excluding hydrogens is 274 g/mol. The Bertz CT molecular complexity index is 629. The number of carboxylic acid groups (broad SMARTS) is 1. The van der Waals surface area contributed by atoms with Gasteiger partial charge in [0, 0.05) is 25.3 Å². The number of aromatic carboxylic acids is 1. The highest BCUT2D eigenvalue weighted by Gasteiger charge is 2.31. The first kappa shape index (κ1) is 13.4. The Kier molecular flexibility index (Phi) is 3.25. The van der Waals surface area contributed by atoms with Gasteiger partial charge < -0.3 is 15.3 Å². The van der Waals surface area contributed by atoms with Crippen LogP contribution in [0.3, 0.4) is 0 Å². The number of urea groups is 1. The summed E-state index contributed by atoms with van der Waals surface area (Å²) in [5, 5.41) is 11.7. The van der Waals surface area contributed by atoms with Gasteiger partial charge in [-0.3, -0.25) is 9.69 Å². The minimum absolute atomic E-state index is 0.0673. The van der Waals surface area contributed by atoms with Gasteiger partial charge in [0.25, 0.3) is 0 Å². The number of hydrogen-bond acceptors (Lipinski definition) is 3. The Morgan fingerprint density at radius 3 is 2.76 bits per heavy atom. The largest absolute Gasteiger partial charge is 0.478 e. The first-order valence-electron chi connectivity index (χ1n) is 6.75. The molecule has 0 aliphatic carbocycles. The molecule has 0 unspecified atom stereocenters. The van der Waals surface area contributed by atoms with Crippen molar-refractivity contribution in [2.45, 2.75) is 6.42 Å². The van der Waals surface area contributed by atoms with E-state index in [4.69, 9.17) is 5.11 Å². The summed E-state index contributed by atoms with van der Waals surface area (Å²) < 4.78 is 0. The molecule has 0 bridgehead atoms. The molecule has 21 heavy (non-hydrogen) atoms. The molecule has 1 aromatic rings. The van der Waals surface area contributed by atoms with Crippen molar-refractivity contribution in [3.63, 3.8) is 0 Å². The van der Waals surface area contributed by atoms with Crippen LogP contribution in [0.2, 0.25) is 0 Å². The highest BCUT2D eigenvalue weighted by Crippen LogP contribution is 2.29. The molecule has 0 saturated carbocycles. The van der Waals surface area contributed by atoms with E-state index in [1.54, 1.807) is 17.0 Å². The van der Waals surface area contributed by atoms with E-state index in [1.807, 2.05) is 0 Å². The second-order valence-corrected chi connectivity index (χ2v) is 5.10. The van der Waals surface area contributed by atoms with E-state index < -0.39 is 5.97 Å². The highest BCUT2D eigenvalue weighted by molar-refractivity contribution is 5.97. The number of piperazine rings is 1. The van der Waals surface area contributed by atoms with Gasteiger partial charge in [0.05, 0.1) is 5.56 Å². The zero-order valence-corrected chi connectivity index (χ0v) is 11.3. The van der Waals surface area contributed by atoms with Crippen molar-refractivity contribution in [1.29, 1.82) is 0 Å². The van der Waals surface area contributed by atoms with Crippen LogP contribution in [0.15, 0.2) is 18.2 Å². The molecule has 7 heteroatoms. The van der Waals surface area contributed by atoms with Crippen LogP contribution in [0.5, 0.6) is 0 Å². The van der Waals surface area contributed by atoms with Gasteiger partial charge in [-0.05, 0) is 30.2 Å². The van der Waals surface area contributed by atoms with Gasteiger partial charge in [-0.25, -0.2) is 9.59 Å². The fourth-order valence-electron chi connectivity index (χ4n) is 2.71. The molecule has 0 atom stereocenters. The topological polar surface area (TPSA) is 90.0 Å². The molecule has 7 nitrogen and oxygen atoms in total. The summed E-state index contributed by atoms with van der Waals surface area (Å²) in [6, 6.07) is 4.56. The fraction of sp³-hybridized carbons (Fsp3) is 0.357. The van der Waals surface area contributed by atoms with E-state index in [1.165, 1.54) is 11.0 Å². The van der Waals surface area contributed by atoms with Crippen molar-refractivity contribution < 1.29 is 19.5 Å². The van der Waals surface area contributed by atoms with E-state index in [9.17, 15) is 14.4 Å². The second kappa shape index (κ2) is 5.08. The first-order chi connectivity index (χ1) is 10.1. The molecule has 2 aliphatic heterocycles. The van der Waals surface area contributed by atoms with Crippen LogP contribution in [-0.2, 0) is 11.2 Å². The molecule has 2 aliphatic rings. The number of carboxylic acids is 1. The van der Waals surface area contributed by atoms with Gasteiger partial charge in [0.2, 0.25) is 5.91 Å². The summed E-state index contributed by atoms with van der Waals surface area (Å²) in [6.07, 6.45) is 0.627. The van der Waals surface area contributed by atoms with Gasteiger partial charge in [0.1, 0.15) is 6.54 Å². The van der Waals surface area contributed by atoms with E-state index in [0.29, 0.717) is 26.1 Å². The van der Waals surface area contributed by atoms with Gasteiger partial charge in [-0.15, -0.1) is 0 Å². The number of anilines is 1. The molecule has 1 fully saturated rings. The number of carbonyl (C=O) groups excluding carboxylic acids is 2. The SMILES string of the molecule is O=C1CN(C(=O)N2CCc3cc(C(=O)O)ccc32)CCN1. The van der Waals surface area contributed by atoms with E-state index in [-0.39, 0.29) is 24.0 Å². The van der Waals surface area contributed by atoms with Crippen LogP contribution in [0, 0.1) is 0 Å². The first-order valence-corrected chi connectivity index (χ1v) is 6.75. The monoisotopic (exact) mass is 289 g/mol. The number of hydrogen-bond donors (Lipinski definition) is 2. The molecule has 2 N–H and O–H groups in total. The summed E-state index contributed by atoms with van der Waals surface area (Å²) in [4.78, 5) is 37.9. The molecular formula is C14H15N3O4. The zero-order valence-electron chi connectivity index (χ0n) is 11.3. The summed E-state index contributed by atoms with van der Waals surface area (Å²) in [5.74, 6) is -1.13. The third kappa shape index (κ3) is 2.42. The molecule has 1 aromatic carbocycles. The maximum absolute atomic E-state index is 12.5. The lowest BCUT2D eigenvalue weighted by molar-refractivity contribution is -0.123. The minimum atomic E-state index is -0.977. The smallest absolute Gasteiger partial charge is 0.335 e. The predicted octanol–water partition coefficient (Wildman–Crippen LogP) is 0.299. The lowest BCUT2D eigenvalue weighted by Gasteiger charge is -2.31. The Hall–Kier alpha value is -2.57. The average molecular weight is 289 g/mol. The number of nitrogens with one attached hydrogen (secondary N) is 1. The van der Waals surface area contributed by atoms with Crippen molar-refractivity contribution in [3.8, 4) is 0 Å². The summed E-state index contributed by atoms with van der Waals surface area (Å²) in [6.45, 7) is 1.53. The van der Waals surface area contributed by atoms with Gasteiger partial charge in [-0.1, -0.05) is 0 Å². The third-order valence-corrected chi connectivity index (χ3v) is 3.76. The third-order valence-electron chi connectivity index (χ3n) is 3.76. The quantitative estimate of drug-likeness (QED) is 0.778. The van der Waals surface area contributed by atoms with Crippen LogP contribution >= 0.6 is 0 Å². The maximum atomic E-state index is 12.5. The van der Waals surface area contributed by atoms with Crippen LogP contribution in [0.25, 0.3) is 0 Å². The Morgan fingerprint density at radius 2 is 2.05 bits per heavy atom. The van der Waals surface area contributed by atoms with Crippen LogP contribution in [-0.4, -0.2) is 54.1 Å². The molecule has 0 spiro atoms. The van der Waals surface area contributed by atoms with Gasteiger partial charge in [-0.2, -0.15) is 0 Å². The minimum Gasteiger partial charge on any atom is -0.478 e. The summed E-state index contributed by atoms with van der Waals surface area (Å²) >= 11 is 0. The standard InChI is InChI=1S/C14H15N3O4/c18-12-8-16(6-4-15-12)14(21)17-5-3-9-7-10(13(19)20)1-2-11(9)17/h1-2,7H,3-6,8H2,(H,15,18)(H,19,20). The molecule has 1 saturated heterocycles. The van der Waals surface area contributed by atoms with Crippen molar-refractivity contribution >= 4 is 23.6 Å². The van der Waals surface area contributed by atoms with Gasteiger partial charge >= 0.3 is 12.0 Å². The van der Waals surface area contributed by atoms with Crippen molar-refractivity contribution in [3.05, 3.63) is 29.3 Å². The molecule has 3 amide bonds. The Balaban J connectivity index is 1.82. The lowest BCUT2D eigenvalue weighted by Crippen LogP contribution is -2.53. The summed E-state index contributed by atoms with van der Waals surface area (Å²) in [5.41, 5.74) is 1.81. The lowest BCUT2D eigenvalue weighted by atomic mass is 10.1.